The normalized spacial score (nSPS) is 10.7. The van der Waals surface area contributed by atoms with Gasteiger partial charge < -0.3 is 10.1 Å². The average Bonchev–Trinajstić information content (AvgIpc) is 2.42. The van der Waals surface area contributed by atoms with E-state index in [9.17, 15) is 0 Å². The van der Waals surface area contributed by atoms with Crippen molar-refractivity contribution < 1.29 is 4.74 Å². The highest BCUT2D eigenvalue weighted by Gasteiger charge is 1.97. The van der Waals surface area contributed by atoms with Crippen LogP contribution in [0.5, 0.6) is 5.75 Å². The lowest BCUT2D eigenvalue weighted by atomic mass is 10.2. The van der Waals surface area contributed by atoms with Gasteiger partial charge in [0.25, 0.3) is 0 Å². The minimum Gasteiger partial charge on any atom is -0.494 e. The predicted octanol–water partition coefficient (Wildman–Crippen LogP) is 3.00. The van der Waals surface area contributed by atoms with Gasteiger partial charge in [0.15, 0.2) is 0 Å². The van der Waals surface area contributed by atoms with Crippen LogP contribution in [0.1, 0.15) is 19.3 Å². The Kier molecular flexibility index (Phi) is 4.97. The van der Waals surface area contributed by atoms with E-state index < -0.39 is 0 Å². The van der Waals surface area contributed by atoms with E-state index in [0.717, 1.165) is 36.2 Å². The summed E-state index contributed by atoms with van der Waals surface area (Å²) in [7, 11) is 1.98. The number of rotatable bonds is 7. The van der Waals surface area contributed by atoms with Gasteiger partial charge in [0.05, 0.1) is 12.1 Å². The van der Waals surface area contributed by atoms with Crippen molar-refractivity contribution in [2.45, 2.75) is 19.3 Å². The quantitative estimate of drug-likeness (QED) is 0.760. The van der Waals surface area contributed by atoms with Crippen LogP contribution in [0.25, 0.3) is 10.9 Å². The van der Waals surface area contributed by atoms with Gasteiger partial charge in [-0.2, -0.15) is 0 Å². The van der Waals surface area contributed by atoms with Crippen LogP contribution in [-0.4, -0.2) is 25.2 Å². The molecule has 0 saturated heterocycles. The summed E-state index contributed by atoms with van der Waals surface area (Å²) in [6.07, 6.45) is 5.32. The molecule has 0 aliphatic carbocycles. The van der Waals surface area contributed by atoms with Crippen molar-refractivity contribution in [2.24, 2.45) is 0 Å². The SMILES string of the molecule is CNCCCCCOc1ccc2cccnc2c1. The second-order valence-electron chi connectivity index (χ2n) is 4.37. The Hall–Kier alpha value is -1.61. The number of unbranched alkanes of at least 4 members (excludes halogenated alkanes) is 2. The molecule has 96 valence electrons. The summed E-state index contributed by atoms with van der Waals surface area (Å²) in [5.74, 6) is 0.912. The van der Waals surface area contributed by atoms with Crippen LogP contribution in [0, 0.1) is 0 Å². The Labute approximate surface area is 108 Å². The van der Waals surface area contributed by atoms with Crippen LogP contribution >= 0.6 is 0 Å². The number of benzene rings is 1. The molecule has 0 bridgehead atoms. The molecule has 2 aromatic rings. The Balaban J connectivity index is 1.81. The molecule has 1 aromatic heterocycles. The standard InChI is InChI=1S/C15H20N2O/c1-16-9-3-2-4-11-18-14-8-7-13-6-5-10-17-15(13)12-14/h5-8,10,12,16H,2-4,9,11H2,1H3. The smallest absolute Gasteiger partial charge is 0.121 e. The van der Waals surface area contributed by atoms with Crippen LogP contribution in [0.3, 0.4) is 0 Å². The van der Waals surface area contributed by atoms with Gasteiger partial charge >= 0.3 is 0 Å². The van der Waals surface area contributed by atoms with E-state index >= 15 is 0 Å². The topological polar surface area (TPSA) is 34.1 Å². The Morgan fingerprint density at radius 3 is 3.00 bits per heavy atom. The first kappa shape index (κ1) is 12.8. The fraction of sp³-hybridized carbons (Fsp3) is 0.400. The van der Waals surface area contributed by atoms with Gasteiger partial charge in [-0.05, 0) is 51.1 Å². The fourth-order valence-corrected chi connectivity index (χ4v) is 1.91. The summed E-state index contributed by atoms with van der Waals surface area (Å²) in [4.78, 5) is 4.32. The molecular formula is C15H20N2O. The van der Waals surface area contributed by atoms with Crippen molar-refractivity contribution in [2.75, 3.05) is 20.2 Å². The Morgan fingerprint density at radius 1 is 1.17 bits per heavy atom. The van der Waals surface area contributed by atoms with Gasteiger partial charge in [0, 0.05) is 17.6 Å². The molecule has 0 unspecified atom stereocenters. The average molecular weight is 244 g/mol. The minimum atomic E-state index is 0.780. The number of hydrogen-bond donors (Lipinski definition) is 1. The highest BCUT2D eigenvalue weighted by atomic mass is 16.5. The third-order valence-corrected chi connectivity index (χ3v) is 2.92. The maximum absolute atomic E-state index is 5.73. The minimum absolute atomic E-state index is 0.780. The Bertz CT molecular complexity index is 485. The third kappa shape index (κ3) is 3.70. The predicted molar refractivity (Wildman–Crippen MR) is 75.0 cm³/mol. The van der Waals surface area contributed by atoms with E-state index in [-0.39, 0.29) is 0 Å². The van der Waals surface area contributed by atoms with E-state index in [1.165, 1.54) is 12.8 Å². The number of fused-ring (bicyclic) bond motifs is 1. The largest absolute Gasteiger partial charge is 0.494 e. The number of nitrogens with one attached hydrogen (secondary N) is 1. The molecule has 3 nitrogen and oxygen atoms in total. The molecule has 0 aliphatic heterocycles. The van der Waals surface area contributed by atoms with Crippen molar-refractivity contribution >= 4 is 10.9 Å². The molecule has 1 aromatic carbocycles. The summed E-state index contributed by atoms with van der Waals surface area (Å²) in [5.41, 5.74) is 0.991. The van der Waals surface area contributed by atoms with Crippen molar-refractivity contribution in [3.8, 4) is 5.75 Å². The number of nitrogens with zero attached hydrogens (tertiary/aromatic N) is 1. The van der Waals surface area contributed by atoms with Gasteiger partial charge in [0.2, 0.25) is 0 Å². The second-order valence-corrected chi connectivity index (χ2v) is 4.37. The molecule has 0 spiro atoms. The summed E-state index contributed by atoms with van der Waals surface area (Å²) in [5, 5.41) is 4.30. The van der Waals surface area contributed by atoms with Crippen LogP contribution < -0.4 is 10.1 Å². The number of hydrogen-bond acceptors (Lipinski definition) is 3. The number of pyridine rings is 1. The highest BCUT2D eigenvalue weighted by Crippen LogP contribution is 2.18. The molecule has 3 heteroatoms. The summed E-state index contributed by atoms with van der Waals surface area (Å²) in [6, 6.07) is 10.1. The molecule has 1 heterocycles. The van der Waals surface area contributed by atoms with Crippen LogP contribution in [0.2, 0.25) is 0 Å². The molecule has 0 saturated carbocycles. The molecular weight excluding hydrogens is 224 g/mol. The second kappa shape index (κ2) is 6.97. The highest BCUT2D eigenvalue weighted by molar-refractivity contribution is 5.79. The lowest BCUT2D eigenvalue weighted by molar-refractivity contribution is 0.305. The van der Waals surface area contributed by atoms with Gasteiger partial charge in [-0.25, -0.2) is 0 Å². The molecule has 0 aliphatic rings. The molecule has 18 heavy (non-hydrogen) atoms. The van der Waals surface area contributed by atoms with Crippen molar-refractivity contribution in [3.63, 3.8) is 0 Å². The monoisotopic (exact) mass is 244 g/mol. The van der Waals surface area contributed by atoms with Gasteiger partial charge in [0.1, 0.15) is 5.75 Å². The number of ether oxygens (including phenoxy) is 1. The van der Waals surface area contributed by atoms with Crippen molar-refractivity contribution in [3.05, 3.63) is 36.5 Å². The maximum Gasteiger partial charge on any atom is 0.121 e. The molecule has 0 fully saturated rings. The zero-order valence-corrected chi connectivity index (χ0v) is 10.9. The first-order chi connectivity index (χ1) is 8.90. The summed E-state index contributed by atoms with van der Waals surface area (Å²) >= 11 is 0. The van der Waals surface area contributed by atoms with Crippen molar-refractivity contribution in [1.29, 1.82) is 0 Å². The van der Waals surface area contributed by atoms with E-state index in [0.29, 0.717) is 0 Å². The molecule has 1 N–H and O–H groups in total. The van der Waals surface area contributed by atoms with E-state index in [1.54, 1.807) is 0 Å². The zero-order chi connectivity index (χ0) is 12.6. The first-order valence-corrected chi connectivity index (χ1v) is 6.52. The molecule has 0 amide bonds. The molecule has 0 radical (unpaired) electrons. The fourth-order valence-electron chi connectivity index (χ4n) is 1.91. The first-order valence-electron chi connectivity index (χ1n) is 6.52. The summed E-state index contributed by atoms with van der Waals surface area (Å²) < 4.78 is 5.73. The lowest BCUT2D eigenvalue weighted by Gasteiger charge is -2.06. The van der Waals surface area contributed by atoms with E-state index in [1.807, 2.05) is 31.4 Å². The Morgan fingerprint density at radius 2 is 2.11 bits per heavy atom. The molecule has 0 atom stereocenters. The van der Waals surface area contributed by atoms with Gasteiger partial charge in [-0.3, -0.25) is 4.98 Å². The zero-order valence-electron chi connectivity index (χ0n) is 10.9. The van der Waals surface area contributed by atoms with E-state index in [4.69, 9.17) is 4.74 Å². The van der Waals surface area contributed by atoms with E-state index in [2.05, 4.69) is 22.4 Å². The van der Waals surface area contributed by atoms with Crippen LogP contribution in [0.15, 0.2) is 36.5 Å². The summed E-state index contributed by atoms with van der Waals surface area (Å²) in [6.45, 7) is 1.86. The lowest BCUT2D eigenvalue weighted by Crippen LogP contribution is -2.07. The maximum atomic E-state index is 5.73. The van der Waals surface area contributed by atoms with Crippen LogP contribution in [-0.2, 0) is 0 Å². The number of aromatic nitrogens is 1. The third-order valence-electron chi connectivity index (χ3n) is 2.92. The molecule has 2 rings (SSSR count). The van der Waals surface area contributed by atoms with Gasteiger partial charge in [-0.1, -0.05) is 6.07 Å². The van der Waals surface area contributed by atoms with Crippen LogP contribution in [0.4, 0.5) is 0 Å². The van der Waals surface area contributed by atoms with Crippen molar-refractivity contribution in [1.82, 2.24) is 10.3 Å². The van der Waals surface area contributed by atoms with Gasteiger partial charge in [-0.15, -0.1) is 0 Å².